The van der Waals surface area contributed by atoms with E-state index in [1.165, 1.54) is 24.2 Å². The summed E-state index contributed by atoms with van der Waals surface area (Å²) >= 11 is 4.96. The van der Waals surface area contributed by atoms with Crippen molar-refractivity contribution in [1.82, 2.24) is 10.2 Å². The van der Waals surface area contributed by atoms with Gasteiger partial charge in [-0.2, -0.15) is 0 Å². The minimum atomic E-state index is 0.0627. The second kappa shape index (κ2) is 6.17. The highest BCUT2D eigenvalue weighted by Crippen LogP contribution is 2.27. The number of hydrogen-bond donors (Lipinski definition) is 1. The third-order valence-electron chi connectivity index (χ3n) is 3.47. The lowest BCUT2D eigenvalue weighted by Gasteiger charge is -2.28. The number of thiophene rings is 1. The van der Waals surface area contributed by atoms with Crippen molar-refractivity contribution in [3.63, 3.8) is 0 Å². The molecule has 0 spiro atoms. The lowest BCUT2D eigenvalue weighted by Crippen LogP contribution is -2.36. The van der Waals surface area contributed by atoms with Crippen LogP contribution < -0.4 is 5.32 Å². The first-order valence-electron chi connectivity index (χ1n) is 6.29. The van der Waals surface area contributed by atoms with Gasteiger partial charge in [-0.15, -0.1) is 11.3 Å². The molecule has 1 N–H and O–H groups in total. The average molecular weight is 331 g/mol. The molecule has 18 heavy (non-hydrogen) atoms. The van der Waals surface area contributed by atoms with Gasteiger partial charge < -0.3 is 10.2 Å². The first-order chi connectivity index (χ1) is 8.56. The monoisotopic (exact) mass is 330 g/mol. The maximum Gasteiger partial charge on any atom is 0.261 e. The molecule has 100 valence electrons. The number of rotatable bonds is 3. The maximum atomic E-state index is 12.0. The Labute approximate surface area is 121 Å². The molecule has 5 heteroatoms. The first kappa shape index (κ1) is 14.0. The van der Waals surface area contributed by atoms with Crippen LogP contribution in [0.3, 0.4) is 0 Å². The normalized spacial score (nSPS) is 17.9. The van der Waals surface area contributed by atoms with E-state index in [1.807, 2.05) is 13.0 Å². The molecular formula is C13H19BrN2OS. The van der Waals surface area contributed by atoms with Gasteiger partial charge in [-0.1, -0.05) is 0 Å². The molecule has 0 atom stereocenters. The van der Waals surface area contributed by atoms with Crippen molar-refractivity contribution in [2.75, 3.05) is 26.7 Å². The SMILES string of the molecule is Cc1cc(C(=O)NCC2CCN(C)CC2)sc1Br. The fraction of sp³-hybridized carbons (Fsp3) is 0.615. The lowest BCUT2D eigenvalue weighted by atomic mass is 9.97. The Morgan fingerprint density at radius 2 is 2.22 bits per heavy atom. The summed E-state index contributed by atoms with van der Waals surface area (Å²) in [4.78, 5) is 15.1. The van der Waals surface area contributed by atoms with Gasteiger partial charge in [0.25, 0.3) is 5.91 Å². The summed E-state index contributed by atoms with van der Waals surface area (Å²) in [5, 5.41) is 3.06. The quantitative estimate of drug-likeness (QED) is 0.924. The highest BCUT2D eigenvalue weighted by Gasteiger charge is 2.18. The smallest absolute Gasteiger partial charge is 0.261 e. The summed E-state index contributed by atoms with van der Waals surface area (Å²) in [6, 6.07) is 1.94. The number of hydrogen-bond acceptors (Lipinski definition) is 3. The van der Waals surface area contributed by atoms with E-state index in [2.05, 4.69) is 33.2 Å². The van der Waals surface area contributed by atoms with Gasteiger partial charge in [-0.25, -0.2) is 0 Å². The zero-order chi connectivity index (χ0) is 13.1. The van der Waals surface area contributed by atoms with E-state index in [-0.39, 0.29) is 5.91 Å². The topological polar surface area (TPSA) is 32.3 Å². The molecular weight excluding hydrogens is 312 g/mol. The van der Waals surface area contributed by atoms with Gasteiger partial charge in [-0.3, -0.25) is 4.79 Å². The van der Waals surface area contributed by atoms with E-state index in [4.69, 9.17) is 0 Å². The molecule has 1 aromatic rings. The molecule has 0 bridgehead atoms. The van der Waals surface area contributed by atoms with Crippen LogP contribution in [0.15, 0.2) is 9.85 Å². The van der Waals surface area contributed by atoms with Gasteiger partial charge in [-0.05, 0) is 73.4 Å². The van der Waals surface area contributed by atoms with E-state index >= 15 is 0 Å². The van der Waals surface area contributed by atoms with Gasteiger partial charge in [0, 0.05) is 6.54 Å². The van der Waals surface area contributed by atoms with Crippen molar-refractivity contribution in [2.45, 2.75) is 19.8 Å². The van der Waals surface area contributed by atoms with E-state index in [1.54, 1.807) is 0 Å². The van der Waals surface area contributed by atoms with Crippen LogP contribution in [0.5, 0.6) is 0 Å². The Morgan fingerprint density at radius 3 is 2.78 bits per heavy atom. The van der Waals surface area contributed by atoms with Gasteiger partial charge >= 0.3 is 0 Å². The van der Waals surface area contributed by atoms with Crippen LogP contribution >= 0.6 is 27.3 Å². The largest absolute Gasteiger partial charge is 0.351 e. The van der Waals surface area contributed by atoms with Crippen molar-refractivity contribution in [2.24, 2.45) is 5.92 Å². The van der Waals surface area contributed by atoms with E-state index in [0.29, 0.717) is 5.92 Å². The summed E-state index contributed by atoms with van der Waals surface area (Å²) in [6.45, 7) is 5.10. The number of aryl methyl sites for hydroxylation is 1. The molecule has 0 radical (unpaired) electrons. The fourth-order valence-corrected chi connectivity index (χ4v) is 3.61. The Balaban J connectivity index is 1.81. The Bertz CT molecular complexity index is 405. The molecule has 1 fully saturated rings. The second-order valence-corrected chi connectivity index (χ2v) is 7.39. The molecule has 0 saturated carbocycles. The van der Waals surface area contributed by atoms with Crippen molar-refractivity contribution in [1.29, 1.82) is 0 Å². The van der Waals surface area contributed by atoms with Crippen molar-refractivity contribution in [3.8, 4) is 0 Å². The van der Waals surface area contributed by atoms with E-state index in [9.17, 15) is 4.79 Å². The molecule has 1 aliphatic rings. The summed E-state index contributed by atoms with van der Waals surface area (Å²) in [5.74, 6) is 0.697. The predicted octanol–water partition coefficient (Wildman–Crippen LogP) is 2.89. The van der Waals surface area contributed by atoms with E-state index < -0.39 is 0 Å². The Morgan fingerprint density at radius 1 is 1.56 bits per heavy atom. The zero-order valence-corrected chi connectivity index (χ0v) is 13.2. The molecule has 1 amide bonds. The van der Waals surface area contributed by atoms with Gasteiger partial charge in [0.2, 0.25) is 0 Å². The van der Waals surface area contributed by atoms with Crippen LogP contribution in [0.1, 0.15) is 28.1 Å². The van der Waals surface area contributed by atoms with Crippen LogP contribution in [0.25, 0.3) is 0 Å². The standard InChI is InChI=1S/C13H19BrN2OS/c1-9-7-11(18-12(9)14)13(17)15-8-10-3-5-16(2)6-4-10/h7,10H,3-6,8H2,1-2H3,(H,15,17). The number of carbonyl (C=O) groups excluding carboxylic acids is 1. The zero-order valence-electron chi connectivity index (χ0n) is 10.8. The summed E-state index contributed by atoms with van der Waals surface area (Å²) in [6.07, 6.45) is 2.37. The molecule has 0 unspecified atom stereocenters. The van der Waals surface area contributed by atoms with Crippen molar-refractivity contribution in [3.05, 3.63) is 20.3 Å². The second-order valence-electron chi connectivity index (χ2n) is 5.02. The number of nitrogens with zero attached hydrogens (tertiary/aromatic N) is 1. The molecule has 2 heterocycles. The van der Waals surface area contributed by atoms with Crippen LogP contribution in [0, 0.1) is 12.8 Å². The van der Waals surface area contributed by atoms with Crippen molar-refractivity contribution >= 4 is 33.2 Å². The van der Waals surface area contributed by atoms with E-state index in [0.717, 1.165) is 33.9 Å². The minimum Gasteiger partial charge on any atom is -0.351 e. The van der Waals surface area contributed by atoms with Crippen LogP contribution in [0.4, 0.5) is 0 Å². The molecule has 0 aromatic carbocycles. The number of piperidine rings is 1. The number of carbonyl (C=O) groups is 1. The van der Waals surface area contributed by atoms with Gasteiger partial charge in [0.1, 0.15) is 0 Å². The Hall–Kier alpha value is -0.390. The molecule has 1 aromatic heterocycles. The molecule has 1 saturated heterocycles. The first-order valence-corrected chi connectivity index (χ1v) is 7.90. The fourth-order valence-electron chi connectivity index (χ4n) is 2.16. The highest BCUT2D eigenvalue weighted by molar-refractivity contribution is 9.11. The number of nitrogens with one attached hydrogen (secondary N) is 1. The van der Waals surface area contributed by atoms with Gasteiger partial charge in [0.05, 0.1) is 8.66 Å². The number of amides is 1. The lowest BCUT2D eigenvalue weighted by molar-refractivity contribution is 0.0943. The van der Waals surface area contributed by atoms with Crippen LogP contribution in [0.2, 0.25) is 0 Å². The summed E-state index contributed by atoms with van der Waals surface area (Å²) in [7, 11) is 2.15. The summed E-state index contributed by atoms with van der Waals surface area (Å²) < 4.78 is 1.05. The third-order valence-corrected chi connectivity index (χ3v) is 5.61. The third kappa shape index (κ3) is 3.56. The predicted molar refractivity (Wildman–Crippen MR) is 79.3 cm³/mol. The average Bonchev–Trinajstić information content (AvgIpc) is 2.69. The molecule has 0 aliphatic carbocycles. The number of likely N-dealkylation sites (tertiary alicyclic amines) is 1. The molecule has 2 rings (SSSR count). The minimum absolute atomic E-state index is 0.0627. The molecule has 3 nitrogen and oxygen atoms in total. The Kier molecular flexibility index (Phi) is 4.81. The van der Waals surface area contributed by atoms with Crippen LogP contribution in [-0.4, -0.2) is 37.5 Å². The maximum absolute atomic E-state index is 12.0. The number of halogens is 1. The van der Waals surface area contributed by atoms with Gasteiger partial charge in [0.15, 0.2) is 0 Å². The van der Waals surface area contributed by atoms with Crippen LogP contribution in [-0.2, 0) is 0 Å². The molecule has 1 aliphatic heterocycles. The van der Waals surface area contributed by atoms with Crippen molar-refractivity contribution < 1.29 is 4.79 Å². The summed E-state index contributed by atoms with van der Waals surface area (Å²) in [5.41, 5.74) is 1.13. The highest BCUT2D eigenvalue weighted by atomic mass is 79.9.